The summed E-state index contributed by atoms with van der Waals surface area (Å²) in [5.41, 5.74) is 6.45. The van der Waals surface area contributed by atoms with Crippen LogP contribution in [0.25, 0.3) is 10.4 Å². The van der Waals surface area contributed by atoms with E-state index in [0.717, 1.165) is 4.90 Å². The zero-order valence-corrected chi connectivity index (χ0v) is 11.3. The molecule has 0 radical (unpaired) electrons. The molecule has 1 saturated heterocycles. The van der Waals surface area contributed by atoms with Crippen LogP contribution in [0.15, 0.2) is 29.3 Å². The van der Waals surface area contributed by atoms with Crippen LogP contribution in [0.1, 0.15) is 0 Å². The van der Waals surface area contributed by atoms with E-state index in [0.29, 0.717) is 0 Å². The van der Waals surface area contributed by atoms with Crippen molar-refractivity contribution in [2.75, 3.05) is 13.2 Å². The third kappa shape index (κ3) is 2.41. The molecular formula is C11H15N5O6. The number of carbonyl (C=O) groups excluding carboxylic acids is 1. The SMILES string of the molecule is C=C1NC(=O)C(CO)=CN1[C@@H]1O[C@@](CO)(N=[N+]=[N-])C(O)[C@@H]1O. The summed E-state index contributed by atoms with van der Waals surface area (Å²) >= 11 is 0. The first-order valence-electron chi connectivity index (χ1n) is 6.21. The molecule has 0 aliphatic carbocycles. The highest BCUT2D eigenvalue weighted by Gasteiger charge is 2.56. The van der Waals surface area contributed by atoms with Gasteiger partial charge in [0.05, 0.1) is 18.8 Å². The van der Waals surface area contributed by atoms with Crippen LogP contribution in [-0.2, 0) is 9.53 Å². The molecule has 22 heavy (non-hydrogen) atoms. The Morgan fingerprint density at radius 2 is 2.23 bits per heavy atom. The zero-order chi connectivity index (χ0) is 16.5. The Morgan fingerprint density at radius 1 is 1.55 bits per heavy atom. The maximum absolute atomic E-state index is 11.5. The van der Waals surface area contributed by atoms with Crippen LogP contribution < -0.4 is 5.32 Å². The average Bonchev–Trinajstić information content (AvgIpc) is 2.74. The van der Waals surface area contributed by atoms with E-state index < -0.39 is 43.3 Å². The van der Waals surface area contributed by atoms with Gasteiger partial charge in [0.25, 0.3) is 5.91 Å². The number of aliphatic hydroxyl groups excluding tert-OH is 4. The fourth-order valence-electron chi connectivity index (χ4n) is 2.23. The number of hydrogen-bond acceptors (Lipinski definition) is 8. The highest BCUT2D eigenvalue weighted by atomic mass is 16.6. The number of ether oxygens (including phenoxy) is 1. The van der Waals surface area contributed by atoms with Gasteiger partial charge in [-0.15, -0.1) is 0 Å². The number of nitrogens with zero attached hydrogens (tertiary/aromatic N) is 4. The van der Waals surface area contributed by atoms with Crippen molar-refractivity contribution >= 4 is 5.91 Å². The Labute approximate surface area is 124 Å². The second kappa shape index (κ2) is 5.93. The molecule has 2 rings (SSSR count). The van der Waals surface area contributed by atoms with Gasteiger partial charge in [-0.1, -0.05) is 11.7 Å². The first-order valence-corrected chi connectivity index (χ1v) is 6.21. The molecular weight excluding hydrogens is 298 g/mol. The van der Waals surface area contributed by atoms with Crippen LogP contribution in [0.4, 0.5) is 0 Å². The second-order valence-electron chi connectivity index (χ2n) is 4.76. The first-order chi connectivity index (χ1) is 10.4. The van der Waals surface area contributed by atoms with E-state index in [1.807, 2.05) is 0 Å². The van der Waals surface area contributed by atoms with Gasteiger partial charge in [-0.3, -0.25) is 4.79 Å². The average molecular weight is 313 g/mol. The molecule has 1 fully saturated rings. The molecule has 1 amide bonds. The zero-order valence-electron chi connectivity index (χ0n) is 11.3. The predicted molar refractivity (Wildman–Crippen MR) is 70.1 cm³/mol. The van der Waals surface area contributed by atoms with E-state index in [1.165, 1.54) is 6.20 Å². The Bertz CT molecular complexity index is 573. The highest BCUT2D eigenvalue weighted by Crippen LogP contribution is 2.36. The lowest BCUT2D eigenvalue weighted by Crippen LogP contribution is -2.48. The molecule has 0 bridgehead atoms. The Balaban J connectivity index is 2.37. The molecule has 0 saturated carbocycles. The third-order valence-corrected chi connectivity index (χ3v) is 3.44. The van der Waals surface area contributed by atoms with Crippen LogP contribution in [0.5, 0.6) is 0 Å². The first kappa shape index (κ1) is 16.2. The molecule has 2 aliphatic heterocycles. The highest BCUT2D eigenvalue weighted by molar-refractivity contribution is 5.95. The van der Waals surface area contributed by atoms with Gasteiger partial charge in [0.1, 0.15) is 18.0 Å². The number of aliphatic hydroxyl groups is 4. The van der Waals surface area contributed by atoms with Gasteiger partial charge >= 0.3 is 0 Å². The Morgan fingerprint density at radius 3 is 2.77 bits per heavy atom. The molecule has 11 nitrogen and oxygen atoms in total. The summed E-state index contributed by atoms with van der Waals surface area (Å²) in [4.78, 5) is 15.2. The van der Waals surface area contributed by atoms with Gasteiger partial charge in [0, 0.05) is 11.1 Å². The van der Waals surface area contributed by atoms with Crippen LogP contribution in [0.3, 0.4) is 0 Å². The van der Waals surface area contributed by atoms with Gasteiger partial charge in [-0.2, -0.15) is 0 Å². The van der Waals surface area contributed by atoms with Crippen molar-refractivity contribution < 1.29 is 30.0 Å². The van der Waals surface area contributed by atoms with Crippen molar-refractivity contribution in [2.24, 2.45) is 5.11 Å². The van der Waals surface area contributed by atoms with E-state index in [4.69, 9.17) is 15.4 Å². The van der Waals surface area contributed by atoms with Gasteiger partial charge in [-0.05, 0) is 5.53 Å². The molecule has 5 N–H and O–H groups in total. The molecule has 1 unspecified atom stereocenters. The fraction of sp³-hybridized carbons (Fsp3) is 0.545. The lowest BCUT2D eigenvalue weighted by atomic mass is 10.1. The van der Waals surface area contributed by atoms with Gasteiger partial charge < -0.3 is 35.4 Å². The van der Waals surface area contributed by atoms with Crippen molar-refractivity contribution in [3.05, 3.63) is 34.6 Å². The number of rotatable bonds is 4. The Kier molecular flexibility index (Phi) is 4.37. The maximum atomic E-state index is 11.5. The van der Waals surface area contributed by atoms with Crippen LogP contribution in [-0.4, -0.2) is 68.6 Å². The molecule has 2 heterocycles. The van der Waals surface area contributed by atoms with Gasteiger partial charge in [0.15, 0.2) is 6.23 Å². The lowest BCUT2D eigenvalue weighted by molar-refractivity contribution is -0.135. The van der Waals surface area contributed by atoms with Crippen molar-refractivity contribution in [2.45, 2.75) is 24.2 Å². The van der Waals surface area contributed by atoms with Gasteiger partial charge in [0.2, 0.25) is 5.72 Å². The van der Waals surface area contributed by atoms with Gasteiger partial charge in [-0.25, -0.2) is 0 Å². The maximum Gasteiger partial charge on any atom is 0.256 e. The molecule has 120 valence electrons. The molecule has 11 heteroatoms. The minimum atomic E-state index is -2.06. The molecule has 0 aromatic carbocycles. The summed E-state index contributed by atoms with van der Waals surface area (Å²) in [7, 11) is 0. The smallest absolute Gasteiger partial charge is 0.256 e. The molecule has 0 aromatic heterocycles. The van der Waals surface area contributed by atoms with E-state index in [9.17, 15) is 20.1 Å². The summed E-state index contributed by atoms with van der Waals surface area (Å²) in [6.07, 6.45) is -3.37. The number of carbonyl (C=O) groups is 1. The Hall–Kier alpha value is -2.14. The van der Waals surface area contributed by atoms with E-state index in [-0.39, 0.29) is 11.4 Å². The van der Waals surface area contributed by atoms with Crippen LogP contribution in [0.2, 0.25) is 0 Å². The van der Waals surface area contributed by atoms with Crippen LogP contribution >= 0.6 is 0 Å². The quantitative estimate of drug-likeness (QED) is 0.223. The summed E-state index contributed by atoms with van der Waals surface area (Å²) in [5, 5.41) is 44.1. The largest absolute Gasteiger partial charge is 0.393 e. The summed E-state index contributed by atoms with van der Waals surface area (Å²) in [6.45, 7) is 2.13. The second-order valence-corrected chi connectivity index (χ2v) is 4.76. The van der Waals surface area contributed by atoms with E-state index >= 15 is 0 Å². The topological polar surface area (TPSA) is 171 Å². The normalized spacial score (nSPS) is 35.0. The standard InChI is InChI=1S/C11H15N5O6/c1-5-13-9(21)6(3-17)2-16(5)10-7(19)8(20)11(4-18,22-10)14-15-12/h2,7-8,10,17-20H,1,3-4H2,(H,13,21)/t7-,8?,10+,11+/m0/s1. The number of hydrogen-bond donors (Lipinski definition) is 5. The van der Waals surface area contributed by atoms with E-state index in [2.05, 4.69) is 21.9 Å². The van der Waals surface area contributed by atoms with Crippen molar-refractivity contribution in [1.29, 1.82) is 0 Å². The summed E-state index contributed by atoms with van der Waals surface area (Å²) < 4.78 is 5.32. The molecule has 2 aliphatic rings. The van der Waals surface area contributed by atoms with Crippen molar-refractivity contribution in [3.8, 4) is 0 Å². The number of nitrogens with one attached hydrogen (secondary N) is 1. The minimum absolute atomic E-state index is 0.0214. The molecule has 0 aromatic rings. The van der Waals surface area contributed by atoms with E-state index in [1.54, 1.807) is 0 Å². The summed E-state index contributed by atoms with van der Waals surface area (Å²) in [5.74, 6) is -0.548. The van der Waals surface area contributed by atoms with Crippen molar-refractivity contribution in [3.63, 3.8) is 0 Å². The molecule has 0 spiro atoms. The monoisotopic (exact) mass is 313 g/mol. The minimum Gasteiger partial charge on any atom is -0.393 e. The fourth-order valence-corrected chi connectivity index (χ4v) is 2.23. The molecule has 4 atom stereocenters. The summed E-state index contributed by atoms with van der Waals surface area (Å²) in [6, 6.07) is 0. The predicted octanol–water partition coefficient (Wildman–Crippen LogP) is -2.16. The third-order valence-electron chi connectivity index (χ3n) is 3.44. The van der Waals surface area contributed by atoms with Crippen molar-refractivity contribution in [1.82, 2.24) is 10.2 Å². The van der Waals surface area contributed by atoms with Crippen LogP contribution in [0, 0.1) is 0 Å². The number of amides is 1. The number of azide groups is 1. The lowest BCUT2D eigenvalue weighted by Gasteiger charge is -2.34.